The Bertz CT molecular complexity index is 510. The summed E-state index contributed by atoms with van der Waals surface area (Å²) in [4.78, 5) is 11.9. The lowest BCUT2D eigenvalue weighted by atomic mass is 10.0. The number of ether oxygens (including phenoxy) is 1. The first-order chi connectivity index (χ1) is 9.97. The second-order valence-corrected chi connectivity index (χ2v) is 5.31. The summed E-state index contributed by atoms with van der Waals surface area (Å²) in [6.07, 6.45) is -0.373. The van der Waals surface area contributed by atoms with E-state index in [-0.39, 0.29) is 36.5 Å². The third kappa shape index (κ3) is 4.22. The van der Waals surface area contributed by atoms with Crippen LogP contribution in [0.4, 0.5) is 8.78 Å². The Balaban J connectivity index is 1.81. The number of hydrogen-bond donors (Lipinski definition) is 2. The van der Waals surface area contributed by atoms with Crippen LogP contribution in [0.5, 0.6) is 0 Å². The zero-order chi connectivity index (χ0) is 15.4. The molecule has 1 saturated heterocycles. The van der Waals surface area contributed by atoms with Gasteiger partial charge in [0, 0.05) is 25.6 Å². The van der Waals surface area contributed by atoms with Crippen molar-refractivity contribution in [1.82, 2.24) is 5.32 Å². The van der Waals surface area contributed by atoms with Gasteiger partial charge in [-0.05, 0) is 25.0 Å². The Hall–Kier alpha value is -1.53. The molecule has 3 atom stereocenters. The molecule has 21 heavy (non-hydrogen) atoms. The van der Waals surface area contributed by atoms with Crippen molar-refractivity contribution in [3.8, 4) is 0 Å². The third-order valence-corrected chi connectivity index (χ3v) is 3.70. The molecule has 4 nitrogen and oxygen atoms in total. The molecule has 2 rings (SSSR count). The van der Waals surface area contributed by atoms with Crippen LogP contribution in [0.25, 0.3) is 0 Å². The van der Waals surface area contributed by atoms with Crippen molar-refractivity contribution >= 4 is 5.91 Å². The number of benzene rings is 1. The van der Waals surface area contributed by atoms with Crippen LogP contribution in [0.2, 0.25) is 0 Å². The smallest absolute Gasteiger partial charge is 0.225 e. The highest BCUT2D eigenvalue weighted by Gasteiger charge is 2.30. The van der Waals surface area contributed by atoms with Crippen LogP contribution in [0.15, 0.2) is 18.2 Å². The first kappa shape index (κ1) is 15.9. The number of aliphatic hydroxyl groups is 1. The molecule has 0 aromatic heterocycles. The summed E-state index contributed by atoms with van der Waals surface area (Å²) in [6.45, 7) is 2.42. The largest absolute Gasteiger partial charge is 0.391 e. The van der Waals surface area contributed by atoms with Gasteiger partial charge in [-0.2, -0.15) is 0 Å². The summed E-state index contributed by atoms with van der Waals surface area (Å²) in [6, 6.07) is 3.21. The number of carbonyl (C=O) groups excluding carboxylic acids is 1. The van der Waals surface area contributed by atoms with E-state index in [4.69, 9.17) is 4.74 Å². The van der Waals surface area contributed by atoms with Crippen molar-refractivity contribution in [1.29, 1.82) is 0 Å². The zero-order valence-corrected chi connectivity index (χ0v) is 11.8. The molecule has 116 valence electrons. The van der Waals surface area contributed by atoms with Gasteiger partial charge < -0.3 is 15.2 Å². The van der Waals surface area contributed by atoms with Crippen molar-refractivity contribution in [2.24, 2.45) is 5.92 Å². The van der Waals surface area contributed by atoms with E-state index in [0.29, 0.717) is 13.0 Å². The van der Waals surface area contributed by atoms with Gasteiger partial charge in [-0.1, -0.05) is 6.07 Å². The Morgan fingerprint density at radius 1 is 1.52 bits per heavy atom. The average molecular weight is 299 g/mol. The highest BCUT2D eigenvalue weighted by molar-refractivity contribution is 5.79. The highest BCUT2D eigenvalue weighted by Crippen LogP contribution is 2.20. The number of carbonyl (C=O) groups is 1. The second kappa shape index (κ2) is 6.95. The topological polar surface area (TPSA) is 58.6 Å². The van der Waals surface area contributed by atoms with E-state index in [1.54, 1.807) is 0 Å². The fourth-order valence-corrected chi connectivity index (χ4v) is 2.44. The summed E-state index contributed by atoms with van der Waals surface area (Å²) < 4.78 is 31.5. The van der Waals surface area contributed by atoms with Gasteiger partial charge >= 0.3 is 0 Å². The maximum Gasteiger partial charge on any atom is 0.225 e. The minimum Gasteiger partial charge on any atom is -0.391 e. The molecule has 1 aromatic carbocycles. The van der Waals surface area contributed by atoms with Gasteiger partial charge in [0.2, 0.25) is 5.91 Å². The lowest BCUT2D eigenvalue weighted by Crippen LogP contribution is -2.39. The van der Waals surface area contributed by atoms with Crippen molar-refractivity contribution in [3.05, 3.63) is 35.4 Å². The lowest BCUT2D eigenvalue weighted by molar-refractivity contribution is -0.126. The maximum atomic E-state index is 13.5. The number of nitrogens with one attached hydrogen (secondary N) is 1. The number of amides is 1. The first-order valence-electron chi connectivity index (χ1n) is 6.98. The van der Waals surface area contributed by atoms with Crippen molar-refractivity contribution in [2.45, 2.75) is 32.0 Å². The van der Waals surface area contributed by atoms with E-state index in [9.17, 15) is 18.7 Å². The molecule has 1 fully saturated rings. The van der Waals surface area contributed by atoms with E-state index < -0.39 is 17.7 Å². The van der Waals surface area contributed by atoms with E-state index in [1.807, 2.05) is 6.92 Å². The van der Waals surface area contributed by atoms with Crippen molar-refractivity contribution in [3.63, 3.8) is 0 Å². The van der Waals surface area contributed by atoms with Crippen LogP contribution in [0.3, 0.4) is 0 Å². The molecule has 1 aliphatic rings. The molecule has 0 spiro atoms. The molecular weight excluding hydrogens is 280 g/mol. The molecule has 0 bridgehead atoms. The Morgan fingerprint density at radius 3 is 2.90 bits per heavy atom. The molecule has 1 aromatic rings. The SMILES string of the molecule is C[C@@H]1OCC[C@H]1C(=O)NC[C@H](O)Cc1ccc(F)cc1F. The minimum atomic E-state index is -0.925. The molecule has 0 radical (unpaired) electrons. The normalized spacial score (nSPS) is 23.0. The van der Waals surface area contributed by atoms with Gasteiger partial charge in [0.25, 0.3) is 0 Å². The monoisotopic (exact) mass is 299 g/mol. The van der Waals surface area contributed by atoms with Gasteiger partial charge in [0.05, 0.1) is 18.1 Å². The van der Waals surface area contributed by atoms with Gasteiger partial charge in [-0.15, -0.1) is 0 Å². The van der Waals surface area contributed by atoms with E-state index in [0.717, 1.165) is 12.1 Å². The highest BCUT2D eigenvalue weighted by atomic mass is 19.1. The van der Waals surface area contributed by atoms with Gasteiger partial charge in [0.1, 0.15) is 11.6 Å². The van der Waals surface area contributed by atoms with Crippen LogP contribution in [0.1, 0.15) is 18.9 Å². The van der Waals surface area contributed by atoms with Crippen LogP contribution in [-0.2, 0) is 16.0 Å². The Kier molecular flexibility index (Phi) is 5.25. The van der Waals surface area contributed by atoms with E-state index >= 15 is 0 Å². The molecule has 2 N–H and O–H groups in total. The summed E-state index contributed by atoms with van der Waals surface area (Å²) in [5.74, 6) is -1.73. The van der Waals surface area contributed by atoms with Crippen molar-refractivity contribution in [2.75, 3.05) is 13.2 Å². The fourth-order valence-electron chi connectivity index (χ4n) is 2.44. The zero-order valence-electron chi connectivity index (χ0n) is 11.8. The number of hydrogen-bond acceptors (Lipinski definition) is 3. The standard InChI is InChI=1S/C15H19F2NO3/c1-9-13(4-5-21-9)15(20)18-8-12(19)6-10-2-3-11(16)7-14(10)17/h2-3,7,9,12-13,19H,4-6,8H2,1H3,(H,18,20)/t9-,12+,13+/m0/s1. The average Bonchev–Trinajstić information content (AvgIpc) is 2.85. The molecule has 0 unspecified atom stereocenters. The van der Waals surface area contributed by atoms with Crippen molar-refractivity contribution < 1.29 is 23.4 Å². The molecule has 6 heteroatoms. The number of aliphatic hydroxyl groups excluding tert-OH is 1. The van der Waals surface area contributed by atoms with E-state index in [1.165, 1.54) is 6.07 Å². The molecule has 1 amide bonds. The summed E-state index contributed by atoms with van der Waals surface area (Å²) in [5.41, 5.74) is 0.218. The number of rotatable bonds is 5. The third-order valence-electron chi connectivity index (χ3n) is 3.70. The summed E-state index contributed by atoms with van der Waals surface area (Å²) in [7, 11) is 0. The molecular formula is C15H19F2NO3. The van der Waals surface area contributed by atoms with Crippen LogP contribution in [-0.4, -0.2) is 36.4 Å². The van der Waals surface area contributed by atoms with E-state index in [2.05, 4.69) is 5.32 Å². The quantitative estimate of drug-likeness (QED) is 0.864. The molecule has 0 saturated carbocycles. The Labute approximate surface area is 122 Å². The predicted octanol–water partition coefficient (Wildman–Crippen LogP) is 1.41. The maximum absolute atomic E-state index is 13.5. The van der Waals surface area contributed by atoms with Crippen LogP contribution >= 0.6 is 0 Å². The predicted molar refractivity (Wildman–Crippen MR) is 72.6 cm³/mol. The first-order valence-corrected chi connectivity index (χ1v) is 6.98. The minimum absolute atomic E-state index is 0.0170. The summed E-state index contributed by atoms with van der Waals surface area (Å²) >= 11 is 0. The van der Waals surface area contributed by atoms with Gasteiger partial charge in [-0.25, -0.2) is 8.78 Å². The van der Waals surface area contributed by atoms with Gasteiger partial charge in [-0.3, -0.25) is 4.79 Å². The lowest BCUT2D eigenvalue weighted by Gasteiger charge is -2.16. The Morgan fingerprint density at radius 2 is 2.29 bits per heavy atom. The molecule has 1 heterocycles. The van der Waals surface area contributed by atoms with Crippen LogP contribution < -0.4 is 5.32 Å². The van der Waals surface area contributed by atoms with Gasteiger partial charge in [0.15, 0.2) is 0 Å². The molecule has 0 aliphatic carbocycles. The fraction of sp³-hybridized carbons (Fsp3) is 0.533. The van der Waals surface area contributed by atoms with Crippen LogP contribution in [0, 0.1) is 17.6 Å². The second-order valence-electron chi connectivity index (χ2n) is 5.31. The number of halogens is 2. The molecule has 1 aliphatic heterocycles. The summed E-state index contributed by atoms with van der Waals surface area (Å²) in [5, 5.41) is 12.5.